The Hall–Kier alpha value is -4.65. The Bertz CT molecular complexity index is 1490. The van der Waals surface area contributed by atoms with Gasteiger partial charge >= 0.3 is 5.97 Å². The molecule has 2 aromatic heterocycles. The van der Waals surface area contributed by atoms with Crippen molar-refractivity contribution in [2.75, 3.05) is 0 Å². The highest BCUT2D eigenvalue weighted by Crippen LogP contribution is 2.25. The molecule has 2 heterocycles. The van der Waals surface area contributed by atoms with E-state index in [4.69, 9.17) is 18.7 Å². The third-order valence-electron chi connectivity index (χ3n) is 6.23. The van der Waals surface area contributed by atoms with Crippen molar-refractivity contribution < 1.29 is 23.5 Å². The molecule has 0 saturated carbocycles. The Balaban J connectivity index is 1.21. The van der Waals surface area contributed by atoms with Gasteiger partial charge in [0.2, 0.25) is 11.8 Å². The largest absolute Gasteiger partial charge is 0.487 e. The average Bonchev–Trinajstić information content (AvgIpc) is 3.54. The summed E-state index contributed by atoms with van der Waals surface area (Å²) in [6, 6.07) is 27.3. The molecule has 5 rings (SSSR count). The monoisotopic (exact) mass is 508 g/mol. The van der Waals surface area contributed by atoms with Crippen LogP contribution >= 0.6 is 0 Å². The zero-order valence-electron chi connectivity index (χ0n) is 21.1. The van der Waals surface area contributed by atoms with Crippen LogP contribution in [0.15, 0.2) is 93.8 Å². The molecule has 0 atom stereocenters. The number of benzene rings is 3. The van der Waals surface area contributed by atoms with E-state index in [-0.39, 0.29) is 6.42 Å². The minimum atomic E-state index is -0.854. The van der Waals surface area contributed by atoms with Gasteiger partial charge < -0.3 is 18.7 Å². The van der Waals surface area contributed by atoms with Crippen molar-refractivity contribution in [3.05, 3.63) is 113 Å². The number of hydrogen-bond donors (Lipinski definition) is 1. The predicted octanol–water partition coefficient (Wildman–Crippen LogP) is 6.69. The molecule has 0 aliphatic carbocycles. The van der Waals surface area contributed by atoms with E-state index >= 15 is 0 Å². The molecule has 7 heteroatoms. The van der Waals surface area contributed by atoms with E-state index < -0.39 is 5.97 Å². The number of carboxylic acids is 1. The zero-order chi connectivity index (χ0) is 26.3. The van der Waals surface area contributed by atoms with Gasteiger partial charge in [0.15, 0.2) is 0 Å². The van der Waals surface area contributed by atoms with E-state index in [0.29, 0.717) is 36.9 Å². The number of nitrogens with zero attached hydrogens (tertiary/aromatic N) is 2. The van der Waals surface area contributed by atoms with E-state index in [0.717, 1.165) is 46.1 Å². The molecule has 0 unspecified atom stereocenters. The second-order valence-corrected chi connectivity index (χ2v) is 8.97. The number of carbonyl (C=O) groups is 1. The lowest BCUT2D eigenvalue weighted by Gasteiger charge is -2.06. The van der Waals surface area contributed by atoms with Crippen LogP contribution in [-0.4, -0.2) is 21.0 Å². The molecule has 0 aliphatic rings. The molecule has 5 aromatic rings. The van der Waals surface area contributed by atoms with Crippen molar-refractivity contribution in [2.24, 2.45) is 0 Å². The topological polar surface area (TPSA) is 98.6 Å². The van der Waals surface area contributed by atoms with E-state index in [1.54, 1.807) is 0 Å². The van der Waals surface area contributed by atoms with Gasteiger partial charge in [-0.3, -0.25) is 4.79 Å². The van der Waals surface area contributed by atoms with Gasteiger partial charge in [-0.25, -0.2) is 9.97 Å². The second kappa shape index (κ2) is 11.6. The number of ether oxygens (including phenoxy) is 1. The fraction of sp³-hybridized carbons (Fsp3) is 0.194. The summed E-state index contributed by atoms with van der Waals surface area (Å²) in [4.78, 5) is 20.3. The summed E-state index contributed by atoms with van der Waals surface area (Å²) >= 11 is 0. The molecule has 0 amide bonds. The average molecular weight is 509 g/mol. The molecule has 7 nitrogen and oxygen atoms in total. The van der Waals surface area contributed by atoms with Gasteiger partial charge in [0.1, 0.15) is 29.6 Å². The van der Waals surface area contributed by atoms with Gasteiger partial charge in [0.25, 0.3) is 0 Å². The lowest BCUT2D eigenvalue weighted by molar-refractivity contribution is -0.136. The molecule has 3 aromatic carbocycles. The van der Waals surface area contributed by atoms with Crippen molar-refractivity contribution >= 4 is 5.97 Å². The summed E-state index contributed by atoms with van der Waals surface area (Å²) in [5.74, 6) is 2.45. The highest BCUT2D eigenvalue weighted by molar-refractivity contribution is 5.67. The van der Waals surface area contributed by atoms with Crippen LogP contribution in [-0.2, 0) is 30.7 Å². The van der Waals surface area contributed by atoms with E-state index in [1.165, 1.54) is 0 Å². The quantitative estimate of drug-likeness (QED) is 0.212. The summed E-state index contributed by atoms with van der Waals surface area (Å²) in [5.41, 5.74) is 4.38. The number of oxazole rings is 2. The van der Waals surface area contributed by atoms with Crippen LogP contribution in [0.2, 0.25) is 0 Å². The maximum Gasteiger partial charge on any atom is 0.303 e. The fourth-order valence-corrected chi connectivity index (χ4v) is 4.13. The van der Waals surface area contributed by atoms with E-state index in [2.05, 4.69) is 9.97 Å². The zero-order valence-corrected chi connectivity index (χ0v) is 21.1. The molecule has 0 aliphatic heterocycles. The minimum absolute atomic E-state index is 0.0115. The van der Waals surface area contributed by atoms with Crippen LogP contribution in [0.1, 0.15) is 34.9 Å². The SMILES string of the molecule is Cc1oc(-c2ccccc2)nc1COc1ccc(CCc2oc(-c3ccccc3)nc2CCC(=O)O)cc1. The Morgan fingerprint density at radius 1 is 0.763 bits per heavy atom. The maximum atomic E-state index is 11.1. The molecule has 1 N–H and O–H groups in total. The molecular weight excluding hydrogens is 480 g/mol. The fourth-order valence-electron chi connectivity index (χ4n) is 4.13. The van der Waals surface area contributed by atoms with Crippen LogP contribution in [0.4, 0.5) is 0 Å². The molecule has 192 valence electrons. The first kappa shape index (κ1) is 25.0. The Kier molecular flexibility index (Phi) is 7.64. The highest BCUT2D eigenvalue weighted by atomic mass is 16.5. The molecule has 38 heavy (non-hydrogen) atoms. The summed E-state index contributed by atoms with van der Waals surface area (Å²) < 4.78 is 17.8. The lowest BCUT2D eigenvalue weighted by Crippen LogP contribution is -2.01. The third-order valence-corrected chi connectivity index (χ3v) is 6.23. The second-order valence-electron chi connectivity index (χ2n) is 8.97. The van der Waals surface area contributed by atoms with Crippen molar-refractivity contribution in [3.63, 3.8) is 0 Å². The van der Waals surface area contributed by atoms with Crippen molar-refractivity contribution in [1.82, 2.24) is 9.97 Å². The smallest absolute Gasteiger partial charge is 0.303 e. The molecule has 0 bridgehead atoms. The van der Waals surface area contributed by atoms with E-state index in [1.807, 2.05) is 91.9 Å². The number of aromatic nitrogens is 2. The first-order valence-electron chi connectivity index (χ1n) is 12.5. The predicted molar refractivity (Wildman–Crippen MR) is 143 cm³/mol. The summed E-state index contributed by atoms with van der Waals surface area (Å²) in [7, 11) is 0. The minimum Gasteiger partial charge on any atom is -0.487 e. The standard InChI is InChI=1S/C31H28N2O5/c1-21-27(33-30(37-21)23-8-4-2-5-9-23)20-36-25-15-12-22(13-16-25)14-18-28-26(17-19-29(34)35)32-31(38-28)24-10-6-3-7-11-24/h2-13,15-16H,14,17-20H2,1H3,(H,34,35). The van der Waals surface area contributed by atoms with Gasteiger partial charge in [-0.2, -0.15) is 0 Å². The van der Waals surface area contributed by atoms with Gasteiger partial charge in [0.05, 0.1) is 12.1 Å². The molecule has 0 saturated heterocycles. The molecule has 0 spiro atoms. The Labute approximate surface area is 220 Å². The van der Waals surface area contributed by atoms with Gasteiger partial charge in [-0.1, -0.05) is 48.5 Å². The first-order chi connectivity index (χ1) is 18.5. The van der Waals surface area contributed by atoms with Crippen LogP contribution in [0.3, 0.4) is 0 Å². The van der Waals surface area contributed by atoms with Crippen LogP contribution in [0.5, 0.6) is 5.75 Å². The van der Waals surface area contributed by atoms with Crippen LogP contribution < -0.4 is 4.74 Å². The van der Waals surface area contributed by atoms with Gasteiger partial charge in [-0.15, -0.1) is 0 Å². The van der Waals surface area contributed by atoms with Crippen molar-refractivity contribution in [1.29, 1.82) is 0 Å². The number of aliphatic carboxylic acids is 1. The third kappa shape index (κ3) is 6.18. The van der Waals surface area contributed by atoms with Crippen molar-refractivity contribution in [3.8, 4) is 28.7 Å². The highest BCUT2D eigenvalue weighted by Gasteiger charge is 2.16. The molecule has 0 fully saturated rings. The summed E-state index contributed by atoms with van der Waals surface area (Å²) in [5, 5.41) is 9.13. The number of rotatable bonds is 11. The first-order valence-corrected chi connectivity index (χ1v) is 12.5. The summed E-state index contributed by atoms with van der Waals surface area (Å²) in [6.07, 6.45) is 1.70. The lowest BCUT2D eigenvalue weighted by atomic mass is 10.1. The number of aryl methyl sites for hydroxylation is 4. The summed E-state index contributed by atoms with van der Waals surface area (Å²) in [6.45, 7) is 2.20. The number of hydrogen-bond acceptors (Lipinski definition) is 6. The maximum absolute atomic E-state index is 11.1. The van der Waals surface area contributed by atoms with Crippen LogP contribution in [0, 0.1) is 6.92 Å². The van der Waals surface area contributed by atoms with Crippen LogP contribution in [0.25, 0.3) is 22.9 Å². The Morgan fingerprint density at radius 2 is 1.37 bits per heavy atom. The Morgan fingerprint density at radius 3 is 2.00 bits per heavy atom. The molecular formula is C31H28N2O5. The number of carboxylic acid groups (broad SMARTS) is 1. The van der Waals surface area contributed by atoms with Gasteiger partial charge in [-0.05, 0) is 55.3 Å². The molecule has 0 radical (unpaired) electrons. The van der Waals surface area contributed by atoms with Crippen molar-refractivity contribution in [2.45, 2.75) is 39.2 Å². The van der Waals surface area contributed by atoms with E-state index in [9.17, 15) is 4.79 Å². The normalized spacial score (nSPS) is 11.0. The van der Waals surface area contributed by atoms with Gasteiger partial charge in [0, 0.05) is 24.0 Å².